The summed E-state index contributed by atoms with van der Waals surface area (Å²) in [6.07, 6.45) is -0.501. The summed E-state index contributed by atoms with van der Waals surface area (Å²) in [4.78, 5) is 10.7. The summed E-state index contributed by atoms with van der Waals surface area (Å²) in [7, 11) is 1.48. The number of aryl methyl sites for hydroxylation is 1. The highest BCUT2D eigenvalue weighted by Gasteiger charge is 2.02. The predicted molar refractivity (Wildman–Crippen MR) is 57.0 cm³/mol. The quantitative estimate of drug-likeness (QED) is 0.799. The number of nitrogens with one attached hydrogen (secondary N) is 1. The van der Waals surface area contributed by atoms with Crippen LogP contribution in [0.2, 0.25) is 0 Å². The minimum atomic E-state index is -0.501. The van der Waals surface area contributed by atoms with Gasteiger partial charge in [0.05, 0.1) is 0 Å². The zero-order valence-electron chi connectivity index (χ0n) is 9.25. The number of hydrogen-bond acceptors (Lipinski definition) is 3. The minimum Gasteiger partial charge on any atom is -0.490 e. The average molecular weight is 227 g/mol. The first kappa shape index (κ1) is 12.3. The Morgan fingerprint density at radius 1 is 1.44 bits per heavy atom. The van der Waals surface area contributed by atoms with Crippen molar-refractivity contribution in [3.05, 3.63) is 29.6 Å². The van der Waals surface area contributed by atoms with Crippen LogP contribution in [-0.4, -0.2) is 26.4 Å². The van der Waals surface area contributed by atoms with Gasteiger partial charge in [0.1, 0.15) is 24.8 Å². The maximum atomic E-state index is 12.8. The van der Waals surface area contributed by atoms with Crippen LogP contribution in [0, 0.1) is 12.7 Å². The maximum Gasteiger partial charge on any atom is 0.406 e. The molecule has 0 bridgehead atoms. The third-order valence-corrected chi connectivity index (χ3v) is 1.92. The van der Waals surface area contributed by atoms with Gasteiger partial charge in [0.15, 0.2) is 0 Å². The lowest BCUT2D eigenvalue weighted by Gasteiger charge is -2.09. The van der Waals surface area contributed by atoms with E-state index in [1.165, 1.54) is 19.2 Å². The maximum absolute atomic E-state index is 12.8. The molecule has 0 radical (unpaired) electrons. The van der Waals surface area contributed by atoms with Crippen molar-refractivity contribution in [1.82, 2.24) is 5.32 Å². The fourth-order valence-corrected chi connectivity index (χ4v) is 1.13. The summed E-state index contributed by atoms with van der Waals surface area (Å²) in [5.41, 5.74) is 0.708. The van der Waals surface area contributed by atoms with Crippen molar-refractivity contribution in [3.63, 3.8) is 0 Å². The lowest BCUT2D eigenvalue weighted by Crippen LogP contribution is -2.21. The number of halogens is 1. The molecule has 0 aliphatic carbocycles. The van der Waals surface area contributed by atoms with Crippen molar-refractivity contribution >= 4 is 6.09 Å². The molecule has 16 heavy (non-hydrogen) atoms. The SMILES string of the molecule is CNC(=O)OCCOc1ccc(F)cc1C. The molecule has 1 N–H and O–H groups in total. The predicted octanol–water partition coefficient (Wildman–Crippen LogP) is 1.87. The van der Waals surface area contributed by atoms with E-state index in [1.54, 1.807) is 13.0 Å². The van der Waals surface area contributed by atoms with E-state index in [9.17, 15) is 9.18 Å². The normalized spacial score (nSPS) is 9.69. The monoisotopic (exact) mass is 227 g/mol. The summed E-state index contributed by atoms with van der Waals surface area (Å²) in [6, 6.07) is 4.25. The largest absolute Gasteiger partial charge is 0.490 e. The lowest BCUT2D eigenvalue weighted by molar-refractivity contribution is 0.127. The molecule has 1 rings (SSSR count). The van der Waals surface area contributed by atoms with Crippen LogP contribution in [-0.2, 0) is 4.74 Å². The topological polar surface area (TPSA) is 47.6 Å². The molecular weight excluding hydrogens is 213 g/mol. The van der Waals surface area contributed by atoms with Gasteiger partial charge in [-0.05, 0) is 30.7 Å². The molecule has 5 heteroatoms. The Hall–Kier alpha value is -1.78. The smallest absolute Gasteiger partial charge is 0.406 e. The van der Waals surface area contributed by atoms with Crippen molar-refractivity contribution in [2.75, 3.05) is 20.3 Å². The molecule has 0 fully saturated rings. The number of carbonyl (C=O) groups excluding carboxylic acids is 1. The van der Waals surface area contributed by atoms with Crippen LogP contribution in [0.15, 0.2) is 18.2 Å². The molecule has 0 aliphatic heterocycles. The van der Waals surface area contributed by atoms with Gasteiger partial charge >= 0.3 is 6.09 Å². The molecule has 0 spiro atoms. The van der Waals surface area contributed by atoms with Crippen molar-refractivity contribution in [2.45, 2.75) is 6.92 Å². The van der Waals surface area contributed by atoms with Gasteiger partial charge in [0.25, 0.3) is 0 Å². The molecule has 1 amide bonds. The number of carbonyl (C=O) groups is 1. The highest BCUT2D eigenvalue weighted by molar-refractivity contribution is 5.66. The van der Waals surface area contributed by atoms with E-state index in [1.807, 2.05) is 0 Å². The van der Waals surface area contributed by atoms with Crippen LogP contribution in [0.3, 0.4) is 0 Å². The number of ether oxygens (including phenoxy) is 2. The number of benzene rings is 1. The average Bonchev–Trinajstić information content (AvgIpc) is 2.26. The zero-order valence-corrected chi connectivity index (χ0v) is 9.25. The summed E-state index contributed by atoms with van der Waals surface area (Å²) in [5.74, 6) is 0.286. The van der Waals surface area contributed by atoms with Gasteiger partial charge in [0, 0.05) is 7.05 Å². The first-order valence-corrected chi connectivity index (χ1v) is 4.87. The Morgan fingerprint density at radius 3 is 2.81 bits per heavy atom. The second kappa shape index (κ2) is 5.95. The number of alkyl carbamates (subject to hydrolysis) is 1. The van der Waals surface area contributed by atoms with Crippen LogP contribution in [0.1, 0.15) is 5.56 Å². The second-order valence-corrected chi connectivity index (χ2v) is 3.14. The Kier molecular flexibility index (Phi) is 4.57. The molecule has 0 saturated carbocycles. The third kappa shape index (κ3) is 3.76. The Balaban J connectivity index is 2.35. The fraction of sp³-hybridized carbons (Fsp3) is 0.364. The summed E-state index contributed by atoms with van der Waals surface area (Å²) >= 11 is 0. The molecule has 0 atom stereocenters. The molecule has 0 unspecified atom stereocenters. The van der Waals surface area contributed by atoms with Crippen LogP contribution >= 0.6 is 0 Å². The summed E-state index contributed by atoms with van der Waals surface area (Å²) in [6.45, 7) is 2.13. The molecule has 0 heterocycles. The van der Waals surface area contributed by atoms with E-state index in [0.29, 0.717) is 11.3 Å². The molecule has 0 aromatic heterocycles. The van der Waals surface area contributed by atoms with E-state index in [2.05, 4.69) is 5.32 Å². The summed E-state index contributed by atoms with van der Waals surface area (Å²) in [5, 5.41) is 2.32. The van der Waals surface area contributed by atoms with E-state index >= 15 is 0 Å². The van der Waals surface area contributed by atoms with Gasteiger partial charge in [0.2, 0.25) is 0 Å². The van der Waals surface area contributed by atoms with Gasteiger partial charge in [-0.25, -0.2) is 9.18 Å². The van der Waals surface area contributed by atoms with E-state index in [-0.39, 0.29) is 19.0 Å². The van der Waals surface area contributed by atoms with Crippen LogP contribution in [0.5, 0.6) is 5.75 Å². The first-order valence-electron chi connectivity index (χ1n) is 4.87. The van der Waals surface area contributed by atoms with Crippen molar-refractivity contribution < 1.29 is 18.7 Å². The van der Waals surface area contributed by atoms with Gasteiger partial charge < -0.3 is 14.8 Å². The van der Waals surface area contributed by atoms with Gasteiger partial charge in [-0.2, -0.15) is 0 Å². The number of rotatable bonds is 4. The van der Waals surface area contributed by atoms with E-state index < -0.39 is 6.09 Å². The number of hydrogen-bond donors (Lipinski definition) is 1. The Bertz CT molecular complexity index is 368. The van der Waals surface area contributed by atoms with E-state index in [4.69, 9.17) is 9.47 Å². The molecule has 0 saturated heterocycles. The highest BCUT2D eigenvalue weighted by Crippen LogP contribution is 2.17. The van der Waals surface area contributed by atoms with E-state index in [0.717, 1.165) is 0 Å². The molecule has 1 aromatic carbocycles. The molecule has 1 aromatic rings. The van der Waals surface area contributed by atoms with Crippen LogP contribution in [0.25, 0.3) is 0 Å². The van der Waals surface area contributed by atoms with Gasteiger partial charge in [-0.3, -0.25) is 0 Å². The number of amides is 1. The molecule has 88 valence electrons. The van der Waals surface area contributed by atoms with Gasteiger partial charge in [-0.1, -0.05) is 0 Å². The van der Waals surface area contributed by atoms with Crippen molar-refractivity contribution in [1.29, 1.82) is 0 Å². The highest BCUT2D eigenvalue weighted by atomic mass is 19.1. The second-order valence-electron chi connectivity index (χ2n) is 3.14. The van der Waals surface area contributed by atoms with Crippen LogP contribution < -0.4 is 10.1 Å². The molecular formula is C11H14FNO3. The minimum absolute atomic E-state index is 0.149. The standard InChI is InChI=1S/C11H14FNO3/c1-8-7-9(12)3-4-10(8)15-5-6-16-11(14)13-2/h3-4,7H,5-6H2,1-2H3,(H,13,14). The van der Waals surface area contributed by atoms with Gasteiger partial charge in [-0.15, -0.1) is 0 Å². The molecule has 4 nitrogen and oxygen atoms in total. The Morgan fingerprint density at radius 2 is 2.19 bits per heavy atom. The van der Waals surface area contributed by atoms with Crippen LogP contribution in [0.4, 0.5) is 9.18 Å². The Labute approximate surface area is 93.4 Å². The zero-order chi connectivity index (χ0) is 12.0. The van der Waals surface area contributed by atoms with Crippen molar-refractivity contribution in [2.24, 2.45) is 0 Å². The summed E-state index contributed by atoms with van der Waals surface area (Å²) < 4.78 is 22.8. The fourth-order valence-electron chi connectivity index (χ4n) is 1.13. The van der Waals surface area contributed by atoms with Crippen molar-refractivity contribution in [3.8, 4) is 5.75 Å². The molecule has 0 aliphatic rings. The first-order chi connectivity index (χ1) is 7.63. The lowest BCUT2D eigenvalue weighted by atomic mass is 10.2. The third-order valence-electron chi connectivity index (χ3n) is 1.92.